The Morgan fingerprint density at radius 1 is 1.05 bits per heavy atom. The Morgan fingerprint density at radius 3 is 2.40 bits per heavy atom. The molecule has 6 heteroatoms. The van der Waals surface area contributed by atoms with Crippen LogP contribution in [0.15, 0.2) is 47.4 Å². The number of hydrogen-bond donors (Lipinski definition) is 0. The Kier molecular flexibility index (Phi) is 3.94. The molecule has 106 valence electrons. The molecule has 0 unspecified atom stereocenters. The van der Waals surface area contributed by atoms with Crippen LogP contribution in [0.4, 0.5) is 4.39 Å². The summed E-state index contributed by atoms with van der Waals surface area (Å²) in [7, 11) is -2.76. The molecule has 0 saturated heterocycles. The lowest BCUT2D eigenvalue weighted by Crippen LogP contribution is -2.11. The van der Waals surface area contributed by atoms with Crippen molar-refractivity contribution in [2.75, 3.05) is 7.11 Å². The first-order valence-electron chi connectivity index (χ1n) is 5.77. The van der Waals surface area contributed by atoms with Gasteiger partial charge < -0.3 is 8.92 Å². The normalized spacial score (nSPS) is 11.2. The van der Waals surface area contributed by atoms with Gasteiger partial charge in [0.05, 0.1) is 7.11 Å². The lowest BCUT2D eigenvalue weighted by Gasteiger charge is -2.09. The van der Waals surface area contributed by atoms with Crippen LogP contribution in [0.2, 0.25) is 0 Å². The van der Waals surface area contributed by atoms with Gasteiger partial charge in [0.15, 0.2) is 0 Å². The molecule has 0 bridgehead atoms. The number of ether oxygens (including phenoxy) is 1. The average molecular weight is 296 g/mol. The van der Waals surface area contributed by atoms with Gasteiger partial charge in [0.2, 0.25) is 0 Å². The molecule has 0 spiro atoms. The maximum atomic E-state index is 13.7. The SMILES string of the molecule is COc1cccc(OS(=O)(=O)c2ccc(C)cc2F)c1. The molecule has 2 aromatic carbocycles. The fourth-order valence-corrected chi connectivity index (χ4v) is 2.61. The van der Waals surface area contributed by atoms with Gasteiger partial charge in [-0.1, -0.05) is 12.1 Å². The zero-order valence-corrected chi connectivity index (χ0v) is 11.8. The van der Waals surface area contributed by atoms with Crippen molar-refractivity contribution < 1.29 is 21.7 Å². The van der Waals surface area contributed by atoms with Gasteiger partial charge in [-0.25, -0.2) is 4.39 Å². The smallest absolute Gasteiger partial charge is 0.342 e. The zero-order chi connectivity index (χ0) is 14.8. The van der Waals surface area contributed by atoms with Gasteiger partial charge in [-0.3, -0.25) is 0 Å². The quantitative estimate of drug-likeness (QED) is 0.814. The molecule has 0 N–H and O–H groups in total. The monoisotopic (exact) mass is 296 g/mol. The van der Waals surface area contributed by atoms with E-state index >= 15 is 0 Å². The van der Waals surface area contributed by atoms with Crippen LogP contribution in [-0.2, 0) is 10.1 Å². The number of hydrogen-bond acceptors (Lipinski definition) is 4. The molecule has 0 fully saturated rings. The summed E-state index contributed by atoms with van der Waals surface area (Å²) in [5.74, 6) is -0.334. The van der Waals surface area contributed by atoms with E-state index in [0.717, 1.165) is 6.07 Å². The maximum absolute atomic E-state index is 13.7. The molecule has 0 aromatic heterocycles. The van der Waals surface area contributed by atoms with E-state index in [9.17, 15) is 12.8 Å². The highest BCUT2D eigenvalue weighted by molar-refractivity contribution is 7.87. The van der Waals surface area contributed by atoms with Crippen molar-refractivity contribution in [2.45, 2.75) is 11.8 Å². The van der Waals surface area contributed by atoms with Crippen molar-refractivity contribution >= 4 is 10.1 Å². The number of benzene rings is 2. The summed E-state index contributed by atoms with van der Waals surface area (Å²) in [5, 5.41) is 0. The van der Waals surface area contributed by atoms with Crippen LogP contribution < -0.4 is 8.92 Å². The van der Waals surface area contributed by atoms with Crippen molar-refractivity contribution in [1.82, 2.24) is 0 Å². The average Bonchev–Trinajstić information content (AvgIpc) is 2.37. The first kappa shape index (κ1) is 14.3. The predicted octanol–water partition coefficient (Wildman–Crippen LogP) is 2.91. The standard InChI is InChI=1S/C14H13FO4S/c1-10-6-7-14(13(15)8-10)20(16,17)19-12-5-3-4-11(9-12)18-2/h3-9H,1-2H3. The van der Waals surface area contributed by atoms with Crippen molar-refractivity contribution in [2.24, 2.45) is 0 Å². The van der Waals surface area contributed by atoms with Crippen molar-refractivity contribution in [3.63, 3.8) is 0 Å². The van der Waals surface area contributed by atoms with Crippen molar-refractivity contribution in [1.29, 1.82) is 0 Å². The van der Waals surface area contributed by atoms with Crippen LogP contribution in [0.1, 0.15) is 5.56 Å². The summed E-state index contributed by atoms with van der Waals surface area (Å²) >= 11 is 0. The Morgan fingerprint density at radius 2 is 1.75 bits per heavy atom. The Balaban J connectivity index is 2.35. The molecule has 4 nitrogen and oxygen atoms in total. The second-order valence-electron chi connectivity index (χ2n) is 4.15. The summed E-state index contributed by atoms with van der Waals surface area (Å²) in [4.78, 5) is -0.495. The van der Waals surface area contributed by atoms with Crippen LogP contribution in [0.3, 0.4) is 0 Å². The van der Waals surface area contributed by atoms with E-state index in [2.05, 4.69) is 0 Å². The lowest BCUT2D eigenvalue weighted by molar-refractivity contribution is 0.411. The molecule has 20 heavy (non-hydrogen) atoms. The van der Waals surface area contributed by atoms with Crippen molar-refractivity contribution in [3.8, 4) is 11.5 Å². The number of rotatable bonds is 4. The summed E-state index contributed by atoms with van der Waals surface area (Å²) in [5.41, 5.74) is 0.628. The van der Waals surface area contributed by atoms with E-state index in [1.807, 2.05) is 0 Å². The molecular formula is C14H13FO4S. The fourth-order valence-electron chi connectivity index (χ4n) is 1.63. The highest BCUT2D eigenvalue weighted by Crippen LogP contribution is 2.24. The van der Waals surface area contributed by atoms with E-state index in [1.54, 1.807) is 19.1 Å². The van der Waals surface area contributed by atoms with Crippen LogP contribution >= 0.6 is 0 Å². The maximum Gasteiger partial charge on any atom is 0.342 e. The highest BCUT2D eigenvalue weighted by atomic mass is 32.2. The number of halogens is 1. The minimum absolute atomic E-state index is 0.0596. The largest absolute Gasteiger partial charge is 0.497 e. The van der Waals surface area contributed by atoms with Crippen molar-refractivity contribution in [3.05, 3.63) is 53.8 Å². The minimum atomic E-state index is -4.22. The molecular weight excluding hydrogens is 283 g/mol. The lowest BCUT2D eigenvalue weighted by atomic mass is 10.2. The van der Waals surface area contributed by atoms with E-state index in [0.29, 0.717) is 11.3 Å². The summed E-state index contributed by atoms with van der Waals surface area (Å²) in [6.45, 7) is 1.67. The van der Waals surface area contributed by atoms with Gasteiger partial charge in [-0.2, -0.15) is 8.42 Å². The summed E-state index contributed by atoms with van der Waals surface area (Å²) < 4.78 is 47.6. The van der Waals surface area contributed by atoms with Gasteiger partial charge in [0, 0.05) is 6.07 Å². The van der Waals surface area contributed by atoms with E-state index in [-0.39, 0.29) is 5.75 Å². The first-order valence-corrected chi connectivity index (χ1v) is 7.18. The Labute approximate surface area is 116 Å². The molecule has 2 rings (SSSR count). The fraction of sp³-hybridized carbons (Fsp3) is 0.143. The third kappa shape index (κ3) is 3.08. The molecule has 0 heterocycles. The summed E-state index contributed by atoms with van der Waals surface area (Å²) in [6, 6.07) is 9.91. The molecule has 0 amide bonds. The number of methoxy groups -OCH3 is 1. The van der Waals surface area contributed by atoms with Gasteiger partial charge in [-0.15, -0.1) is 0 Å². The Hall–Kier alpha value is -2.08. The van der Waals surface area contributed by atoms with Gasteiger partial charge in [0.1, 0.15) is 22.2 Å². The third-order valence-electron chi connectivity index (χ3n) is 2.60. The first-order chi connectivity index (χ1) is 9.42. The Bertz CT molecular complexity index is 726. The van der Waals surface area contributed by atoms with Crippen LogP contribution in [0.5, 0.6) is 11.5 Å². The third-order valence-corrected chi connectivity index (χ3v) is 3.89. The topological polar surface area (TPSA) is 52.6 Å². The van der Waals surface area contributed by atoms with Crippen LogP contribution in [-0.4, -0.2) is 15.5 Å². The van der Waals surface area contributed by atoms with Gasteiger partial charge in [-0.05, 0) is 36.8 Å². The predicted molar refractivity (Wildman–Crippen MR) is 71.9 cm³/mol. The van der Waals surface area contributed by atoms with Gasteiger partial charge in [0.25, 0.3) is 0 Å². The second kappa shape index (κ2) is 5.50. The molecule has 0 aliphatic carbocycles. The zero-order valence-electron chi connectivity index (χ0n) is 11.0. The van der Waals surface area contributed by atoms with Crippen LogP contribution in [0.25, 0.3) is 0 Å². The second-order valence-corrected chi connectivity index (χ2v) is 5.67. The summed E-state index contributed by atoms with van der Waals surface area (Å²) in [6.07, 6.45) is 0. The molecule has 0 atom stereocenters. The minimum Gasteiger partial charge on any atom is -0.497 e. The number of aryl methyl sites for hydroxylation is 1. The van der Waals surface area contributed by atoms with Crippen LogP contribution in [0, 0.1) is 12.7 Å². The molecule has 0 aliphatic heterocycles. The molecule has 0 aliphatic rings. The van der Waals surface area contributed by atoms with E-state index in [1.165, 1.54) is 31.4 Å². The molecule has 0 saturated carbocycles. The van der Waals surface area contributed by atoms with E-state index < -0.39 is 20.8 Å². The molecule has 0 radical (unpaired) electrons. The van der Waals surface area contributed by atoms with Gasteiger partial charge >= 0.3 is 10.1 Å². The highest BCUT2D eigenvalue weighted by Gasteiger charge is 2.21. The molecule has 2 aromatic rings. The van der Waals surface area contributed by atoms with E-state index in [4.69, 9.17) is 8.92 Å².